The van der Waals surface area contributed by atoms with Crippen molar-refractivity contribution in [2.45, 2.75) is 5.03 Å². The van der Waals surface area contributed by atoms with Gasteiger partial charge in [0.1, 0.15) is 19.0 Å². The average molecular weight is 425 g/mol. The number of ether oxygens (including phenoxy) is 3. The molecular weight excluding hydrogens is 406 g/mol. The van der Waals surface area contributed by atoms with Gasteiger partial charge in [-0.25, -0.2) is 4.98 Å². The second-order valence-electron chi connectivity index (χ2n) is 6.30. The van der Waals surface area contributed by atoms with Gasteiger partial charge < -0.3 is 19.5 Å². The van der Waals surface area contributed by atoms with Crippen LogP contribution in [-0.4, -0.2) is 41.5 Å². The lowest BCUT2D eigenvalue weighted by atomic mass is 10.2. The molecule has 154 valence electrons. The molecule has 3 aromatic rings. The summed E-state index contributed by atoms with van der Waals surface area (Å²) in [6, 6.07) is 12.4. The number of anilines is 1. The van der Waals surface area contributed by atoms with E-state index < -0.39 is 0 Å². The van der Waals surface area contributed by atoms with Gasteiger partial charge in [-0.15, -0.1) is 0 Å². The zero-order valence-electron chi connectivity index (χ0n) is 16.2. The zero-order valence-corrected chi connectivity index (χ0v) is 17.0. The Balaban J connectivity index is 1.47. The highest BCUT2D eigenvalue weighted by Crippen LogP contribution is 2.31. The van der Waals surface area contributed by atoms with E-state index in [1.165, 1.54) is 10.8 Å². The van der Waals surface area contributed by atoms with E-state index in [1.54, 1.807) is 55.8 Å². The first-order chi connectivity index (χ1) is 14.6. The van der Waals surface area contributed by atoms with Crippen molar-refractivity contribution in [2.24, 2.45) is 0 Å². The van der Waals surface area contributed by atoms with Gasteiger partial charge in [-0.1, -0.05) is 17.8 Å². The predicted molar refractivity (Wildman–Crippen MR) is 113 cm³/mol. The van der Waals surface area contributed by atoms with Crippen LogP contribution in [0.15, 0.2) is 64.7 Å². The van der Waals surface area contributed by atoms with E-state index in [-0.39, 0.29) is 22.2 Å². The Labute approximate surface area is 176 Å². The number of carbonyl (C=O) groups is 1. The molecule has 9 heteroatoms. The van der Waals surface area contributed by atoms with Crippen molar-refractivity contribution in [1.29, 1.82) is 0 Å². The van der Waals surface area contributed by atoms with E-state index in [1.807, 2.05) is 0 Å². The molecule has 1 N–H and O–H groups in total. The van der Waals surface area contributed by atoms with E-state index in [2.05, 4.69) is 10.3 Å². The summed E-state index contributed by atoms with van der Waals surface area (Å²) < 4.78 is 17.7. The lowest BCUT2D eigenvalue weighted by Gasteiger charge is -2.19. The number of nitrogens with one attached hydrogen (secondary N) is 1. The topological polar surface area (TPSA) is 91.7 Å². The number of rotatable bonds is 6. The fourth-order valence-electron chi connectivity index (χ4n) is 2.91. The Kier molecular flexibility index (Phi) is 5.89. The van der Waals surface area contributed by atoms with Gasteiger partial charge in [0, 0.05) is 30.2 Å². The fourth-order valence-corrected chi connectivity index (χ4v) is 3.61. The molecular formula is C21H19N3O5S. The summed E-state index contributed by atoms with van der Waals surface area (Å²) in [6.07, 6.45) is 3.11. The van der Waals surface area contributed by atoms with Crippen LogP contribution < -0.4 is 25.1 Å². The first-order valence-corrected chi connectivity index (χ1v) is 10.2. The van der Waals surface area contributed by atoms with Crippen molar-refractivity contribution in [3.63, 3.8) is 0 Å². The van der Waals surface area contributed by atoms with Gasteiger partial charge >= 0.3 is 0 Å². The third-order valence-corrected chi connectivity index (χ3v) is 5.27. The molecule has 0 saturated heterocycles. The molecule has 8 nitrogen and oxygen atoms in total. The Bertz CT molecular complexity index is 1130. The number of methoxy groups -OCH3 is 1. The standard InChI is InChI=1S/C21H19N3O5S/c1-27-16-4-2-3-14(11-16)23-19(25)13-30-20-21(26)24(8-7-22-20)15-5-6-17-18(12-15)29-10-9-28-17/h2-8,11-12H,9-10,13H2,1H3,(H,23,25). The van der Waals surface area contributed by atoms with E-state index >= 15 is 0 Å². The van der Waals surface area contributed by atoms with Crippen LogP contribution in [0.5, 0.6) is 17.2 Å². The molecule has 1 aromatic heterocycles. The maximum atomic E-state index is 12.9. The number of hydrogen-bond acceptors (Lipinski definition) is 7. The summed E-state index contributed by atoms with van der Waals surface area (Å²) in [6.45, 7) is 0.964. The lowest BCUT2D eigenvalue weighted by Crippen LogP contribution is -2.22. The predicted octanol–water partition coefficient (Wildman–Crippen LogP) is 2.74. The Morgan fingerprint density at radius 1 is 1.20 bits per heavy atom. The number of amides is 1. The number of hydrogen-bond donors (Lipinski definition) is 1. The molecule has 4 rings (SSSR count). The number of thioether (sulfide) groups is 1. The molecule has 1 aliphatic heterocycles. The van der Waals surface area contributed by atoms with E-state index in [0.717, 1.165) is 11.8 Å². The summed E-state index contributed by atoms with van der Waals surface area (Å²) in [5, 5.41) is 3.01. The molecule has 0 unspecified atom stereocenters. The van der Waals surface area contributed by atoms with Crippen LogP contribution >= 0.6 is 11.8 Å². The summed E-state index contributed by atoms with van der Waals surface area (Å²) >= 11 is 1.08. The molecule has 0 fully saturated rings. The fraction of sp³-hybridized carbons (Fsp3) is 0.190. The van der Waals surface area contributed by atoms with Gasteiger partial charge in [0.2, 0.25) is 5.91 Å². The maximum Gasteiger partial charge on any atom is 0.287 e. The van der Waals surface area contributed by atoms with Crippen LogP contribution in [0.4, 0.5) is 5.69 Å². The molecule has 1 amide bonds. The molecule has 0 saturated carbocycles. The summed E-state index contributed by atoms with van der Waals surface area (Å²) in [5.41, 5.74) is 0.942. The largest absolute Gasteiger partial charge is 0.497 e. The molecule has 0 atom stereocenters. The van der Waals surface area contributed by atoms with Crippen molar-refractivity contribution in [2.75, 3.05) is 31.4 Å². The molecule has 1 aliphatic rings. The minimum atomic E-state index is -0.312. The number of carbonyl (C=O) groups excluding carboxylic acids is 1. The molecule has 0 aliphatic carbocycles. The third kappa shape index (κ3) is 4.41. The first-order valence-electron chi connectivity index (χ1n) is 9.18. The van der Waals surface area contributed by atoms with Crippen molar-refractivity contribution < 1.29 is 19.0 Å². The smallest absolute Gasteiger partial charge is 0.287 e. The summed E-state index contributed by atoms with van der Waals surface area (Å²) in [7, 11) is 1.56. The monoisotopic (exact) mass is 425 g/mol. The van der Waals surface area contributed by atoms with Crippen molar-refractivity contribution in [3.05, 3.63) is 65.2 Å². The highest BCUT2D eigenvalue weighted by atomic mass is 32.2. The van der Waals surface area contributed by atoms with Crippen molar-refractivity contribution >= 4 is 23.4 Å². The van der Waals surface area contributed by atoms with Gasteiger partial charge in [-0.2, -0.15) is 0 Å². The van der Waals surface area contributed by atoms with Crippen molar-refractivity contribution in [1.82, 2.24) is 9.55 Å². The van der Waals surface area contributed by atoms with Gasteiger partial charge in [-0.3, -0.25) is 14.2 Å². The second-order valence-corrected chi connectivity index (χ2v) is 7.27. The van der Waals surface area contributed by atoms with Gasteiger partial charge in [0.25, 0.3) is 5.56 Å². The van der Waals surface area contributed by atoms with Crippen LogP contribution in [0.1, 0.15) is 0 Å². The van der Waals surface area contributed by atoms with Gasteiger partial charge in [0.15, 0.2) is 16.5 Å². The number of nitrogens with zero attached hydrogens (tertiary/aromatic N) is 2. The minimum absolute atomic E-state index is 0.0462. The van der Waals surface area contributed by atoms with E-state index in [4.69, 9.17) is 14.2 Å². The highest BCUT2D eigenvalue weighted by molar-refractivity contribution is 7.99. The van der Waals surface area contributed by atoms with Crippen LogP contribution in [0.2, 0.25) is 0 Å². The Morgan fingerprint density at radius 3 is 2.87 bits per heavy atom. The Hall–Kier alpha value is -3.46. The van der Waals surface area contributed by atoms with Gasteiger partial charge in [0.05, 0.1) is 18.6 Å². The van der Waals surface area contributed by atoms with Crippen LogP contribution in [0, 0.1) is 0 Å². The molecule has 2 heterocycles. The quantitative estimate of drug-likeness (QED) is 0.607. The minimum Gasteiger partial charge on any atom is -0.497 e. The summed E-state index contributed by atoms with van der Waals surface area (Å²) in [5.74, 6) is 1.69. The molecule has 0 radical (unpaired) electrons. The number of aromatic nitrogens is 2. The SMILES string of the molecule is COc1cccc(NC(=O)CSc2nccn(-c3ccc4c(c3)OCCO4)c2=O)c1. The Morgan fingerprint density at radius 2 is 2.03 bits per heavy atom. The highest BCUT2D eigenvalue weighted by Gasteiger charge is 2.15. The third-order valence-electron chi connectivity index (χ3n) is 4.31. The normalized spacial score (nSPS) is 12.3. The first kappa shape index (κ1) is 19.8. The number of fused-ring (bicyclic) bond motifs is 1. The lowest BCUT2D eigenvalue weighted by molar-refractivity contribution is -0.113. The van der Waals surface area contributed by atoms with Gasteiger partial charge in [-0.05, 0) is 24.3 Å². The molecule has 0 spiro atoms. The van der Waals surface area contributed by atoms with Crippen LogP contribution in [0.25, 0.3) is 5.69 Å². The zero-order chi connectivity index (χ0) is 20.9. The van der Waals surface area contributed by atoms with E-state index in [0.29, 0.717) is 41.8 Å². The summed E-state index contributed by atoms with van der Waals surface area (Å²) in [4.78, 5) is 29.3. The number of benzene rings is 2. The van der Waals surface area contributed by atoms with Crippen LogP contribution in [-0.2, 0) is 4.79 Å². The van der Waals surface area contributed by atoms with Crippen LogP contribution in [0.3, 0.4) is 0 Å². The van der Waals surface area contributed by atoms with Crippen molar-refractivity contribution in [3.8, 4) is 22.9 Å². The maximum absolute atomic E-state index is 12.9. The second kappa shape index (κ2) is 8.91. The molecule has 30 heavy (non-hydrogen) atoms. The average Bonchev–Trinajstić information content (AvgIpc) is 2.78. The molecule has 0 bridgehead atoms. The van der Waals surface area contributed by atoms with E-state index in [9.17, 15) is 9.59 Å². The molecule has 2 aromatic carbocycles.